The number of likely N-dealkylation sites (tertiary alicyclic amines) is 1. The van der Waals surface area contributed by atoms with Crippen LogP contribution in [0.25, 0.3) is 0 Å². The number of nitrogens with zero attached hydrogens (tertiary/aromatic N) is 1. The smallest absolute Gasteiger partial charge is 0.0817 e. The first-order valence-corrected chi connectivity index (χ1v) is 7.24. The summed E-state index contributed by atoms with van der Waals surface area (Å²) in [5.74, 6) is 0. The molecule has 4 heteroatoms. The van der Waals surface area contributed by atoms with Gasteiger partial charge in [0.15, 0.2) is 0 Å². The molecule has 0 saturated carbocycles. The summed E-state index contributed by atoms with van der Waals surface area (Å²) in [5.41, 5.74) is -1.07. The zero-order valence-corrected chi connectivity index (χ0v) is 12.1. The Labute approximate surface area is 111 Å². The second-order valence-corrected chi connectivity index (χ2v) is 5.61. The summed E-state index contributed by atoms with van der Waals surface area (Å²) in [7, 11) is 0. The van der Waals surface area contributed by atoms with Crippen molar-refractivity contribution in [3.63, 3.8) is 0 Å². The fourth-order valence-electron chi connectivity index (χ4n) is 2.52. The van der Waals surface area contributed by atoms with E-state index in [1.165, 1.54) is 0 Å². The standard InChI is InChI=1S/C12H23NO3.C2H6/c1-11(14)2-6-13(7-3-11)10-12(15)4-8-16-9-5-12;1-2/h14-15H,2-10H2,1H3;1-2H3. The SMILES string of the molecule is CC.CC1(O)CCN(CC2(O)CCOCC2)CC1. The van der Waals surface area contributed by atoms with Crippen LogP contribution < -0.4 is 0 Å². The van der Waals surface area contributed by atoms with Crippen LogP contribution in [0.3, 0.4) is 0 Å². The molecule has 0 aromatic heterocycles. The molecule has 18 heavy (non-hydrogen) atoms. The maximum Gasteiger partial charge on any atom is 0.0817 e. The Morgan fingerprint density at radius 3 is 2.00 bits per heavy atom. The van der Waals surface area contributed by atoms with Crippen LogP contribution in [-0.2, 0) is 4.74 Å². The third kappa shape index (κ3) is 4.84. The van der Waals surface area contributed by atoms with Gasteiger partial charge in [-0.2, -0.15) is 0 Å². The van der Waals surface area contributed by atoms with Gasteiger partial charge in [-0.05, 0) is 19.8 Å². The topological polar surface area (TPSA) is 52.9 Å². The van der Waals surface area contributed by atoms with E-state index in [4.69, 9.17) is 4.74 Å². The molecule has 0 atom stereocenters. The van der Waals surface area contributed by atoms with Gasteiger partial charge in [-0.25, -0.2) is 0 Å². The van der Waals surface area contributed by atoms with Crippen LogP contribution in [0.4, 0.5) is 0 Å². The van der Waals surface area contributed by atoms with Crippen LogP contribution in [-0.4, -0.2) is 59.2 Å². The molecule has 2 aliphatic heterocycles. The number of rotatable bonds is 2. The van der Waals surface area contributed by atoms with Crippen molar-refractivity contribution in [2.24, 2.45) is 0 Å². The summed E-state index contributed by atoms with van der Waals surface area (Å²) in [5, 5.41) is 20.2. The number of aliphatic hydroxyl groups is 2. The molecule has 0 amide bonds. The summed E-state index contributed by atoms with van der Waals surface area (Å²) >= 11 is 0. The third-order valence-electron chi connectivity index (χ3n) is 3.87. The highest BCUT2D eigenvalue weighted by molar-refractivity contribution is 4.88. The second-order valence-electron chi connectivity index (χ2n) is 5.61. The molecule has 2 aliphatic rings. The van der Waals surface area contributed by atoms with Gasteiger partial charge < -0.3 is 19.8 Å². The van der Waals surface area contributed by atoms with E-state index >= 15 is 0 Å². The van der Waals surface area contributed by atoms with E-state index in [0.717, 1.165) is 45.3 Å². The molecule has 2 saturated heterocycles. The zero-order valence-electron chi connectivity index (χ0n) is 12.1. The van der Waals surface area contributed by atoms with Crippen LogP contribution in [0.15, 0.2) is 0 Å². The molecule has 0 unspecified atom stereocenters. The Bertz CT molecular complexity index is 227. The summed E-state index contributed by atoms with van der Waals surface area (Å²) < 4.78 is 5.27. The maximum absolute atomic E-state index is 10.4. The second kappa shape index (κ2) is 6.85. The predicted molar refractivity (Wildman–Crippen MR) is 72.6 cm³/mol. The van der Waals surface area contributed by atoms with E-state index in [9.17, 15) is 10.2 Å². The average molecular weight is 259 g/mol. The van der Waals surface area contributed by atoms with E-state index < -0.39 is 11.2 Å². The quantitative estimate of drug-likeness (QED) is 0.787. The molecule has 4 nitrogen and oxygen atoms in total. The van der Waals surface area contributed by atoms with E-state index in [1.807, 2.05) is 20.8 Å². The van der Waals surface area contributed by atoms with Crippen LogP contribution >= 0.6 is 0 Å². The van der Waals surface area contributed by atoms with Crippen molar-refractivity contribution in [1.29, 1.82) is 0 Å². The monoisotopic (exact) mass is 259 g/mol. The molecular weight excluding hydrogens is 230 g/mol. The van der Waals surface area contributed by atoms with Crippen molar-refractivity contribution < 1.29 is 14.9 Å². The van der Waals surface area contributed by atoms with Crippen LogP contribution in [0.5, 0.6) is 0 Å². The number of β-amino-alcohol motifs (C(OH)–C–C–N with tert-alkyl or cyclic N) is 1. The molecule has 108 valence electrons. The summed E-state index contributed by atoms with van der Waals surface area (Å²) in [6.45, 7) is 9.73. The van der Waals surface area contributed by atoms with Gasteiger partial charge in [0.1, 0.15) is 0 Å². The van der Waals surface area contributed by atoms with Gasteiger partial charge in [0, 0.05) is 45.7 Å². The van der Waals surface area contributed by atoms with Gasteiger partial charge in [-0.15, -0.1) is 0 Å². The molecule has 0 radical (unpaired) electrons. The number of ether oxygens (including phenoxy) is 1. The highest BCUT2D eigenvalue weighted by atomic mass is 16.5. The Morgan fingerprint density at radius 1 is 1.00 bits per heavy atom. The maximum atomic E-state index is 10.4. The largest absolute Gasteiger partial charge is 0.390 e. The van der Waals surface area contributed by atoms with Crippen molar-refractivity contribution in [3.8, 4) is 0 Å². The van der Waals surface area contributed by atoms with Crippen molar-refractivity contribution in [3.05, 3.63) is 0 Å². The minimum atomic E-state index is -0.568. The number of piperidine rings is 1. The molecule has 2 fully saturated rings. The van der Waals surface area contributed by atoms with Crippen molar-refractivity contribution in [2.75, 3.05) is 32.8 Å². The molecule has 2 N–H and O–H groups in total. The number of hydrogen-bond acceptors (Lipinski definition) is 4. The highest BCUT2D eigenvalue weighted by Crippen LogP contribution is 2.26. The van der Waals surface area contributed by atoms with Gasteiger partial charge >= 0.3 is 0 Å². The van der Waals surface area contributed by atoms with Crippen LogP contribution in [0, 0.1) is 0 Å². The Morgan fingerprint density at radius 2 is 1.50 bits per heavy atom. The first kappa shape index (κ1) is 15.9. The van der Waals surface area contributed by atoms with Gasteiger partial charge in [0.2, 0.25) is 0 Å². The first-order chi connectivity index (χ1) is 8.49. The lowest BCUT2D eigenvalue weighted by Gasteiger charge is -2.41. The van der Waals surface area contributed by atoms with E-state index in [2.05, 4.69) is 4.90 Å². The fraction of sp³-hybridized carbons (Fsp3) is 1.00. The minimum absolute atomic E-state index is 0.505. The number of hydrogen-bond donors (Lipinski definition) is 2. The van der Waals surface area contributed by atoms with Crippen molar-refractivity contribution >= 4 is 0 Å². The third-order valence-corrected chi connectivity index (χ3v) is 3.87. The lowest BCUT2D eigenvalue weighted by Crippen LogP contribution is -2.51. The molecule has 0 bridgehead atoms. The Kier molecular flexibility index (Phi) is 6.05. The molecule has 0 aromatic carbocycles. The summed E-state index contributed by atoms with van der Waals surface area (Å²) in [6.07, 6.45) is 3.08. The molecular formula is C14H29NO3. The minimum Gasteiger partial charge on any atom is -0.390 e. The predicted octanol–water partition coefficient (Wildman–Crippen LogP) is 1.40. The first-order valence-electron chi connectivity index (χ1n) is 7.24. The molecule has 0 spiro atoms. The van der Waals surface area contributed by atoms with Crippen LogP contribution in [0.2, 0.25) is 0 Å². The Hall–Kier alpha value is -0.160. The normalized spacial score (nSPS) is 27.2. The zero-order chi connectivity index (χ0) is 13.6. The van der Waals surface area contributed by atoms with Gasteiger partial charge in [-0.3, -0.25) is 0 Å². The van der Waals surface area contributed by atoms with Gasteiger partial charge in [-0.1, -0.05) is 13.8 Å². The summed E-state index contributed by atoms with van der Waals surface area (Å²) in [4.78, 5) is 2.27. The summed E-state index contributed by atoms with van der Waals surface area (Å²) in [6, 6.07) is 0. The van der Waals surface area contributed by atoms with Crippen LogP contribution in [0.1, 0.15) is 46.5 Å². The molecule has 2 heterocycles. The van der Waals surface area contributed by atoms with E-state index in [0.29, 0.717) is 13.2 Å². The van der Waals surface area contributed by atoms with Crippen molar-refractivity contribution in [2.45, 2.75) is 57.7 Å². The Balaban J connectivity index is 0.000000771. The highest BCUT2D eigenvalue weighted by Gasteiger charge is 2.35. The fourth-order valence-corrected chi connectivity index (χ4v) is 2.52. The molecule has 0 aliphatic carbocycles. The molecule has 0 aromatic rings. The van der Waals surface area contributed by atoms with Gasteiger partial charge in [0.25, 0.3) is 0 Å². The van der Waals surface area contributed by atoms with E-state index in [-0.39, 0.29) is 0 Å². The van der Waals surface area contributed by atoms with Gasteiger partial charge in [0.05, 0.1) is 11.2 Å². The van der Waals surface area contributed by atoms with Crippen molar-refractivity contribution in [1.82, 2.24) is 4.90 Å². The average Bonchev–Trinajstić information content (AvgIpc) is 2.35. The lowest BCUT2D eigenvalue weighted by atomic mass is 9.90. The van der Waals surface area contributed by atoms with E-state index in [1.54, 1.807) is 0 Å². The lowest BCUT2D eigenvalue weighted by molar-refractivity contribution is -0.0919. The molecule has 2 rings (SSSR count).